The fourth-order valence-corrected chi connectivity index (χ4v) is 2.98. The zero-order valence-corrected chi connectivity index (χ0v) is 10.3. The fourth-order valence-electron chi connectivity index (χ4n) is 2.98. The van der Waals surface area contributed by atoms with E-state index < -0.39 is 0 Å². The molecule has 2 aromatic carbocycles. The summed E-state index contributed by atoms with van der Waals surface area (Å²) in [6.45, 7) is 0. The molecule has 0 radical (unpaired) electrons. The van der Waals surface area contributed by atoms with E-state index in [0.717, 1.165) is 12.0 Å². The molecule has 0 aliphatic heterocycles. The van der Waals surface area contributed by atoms with E-state index in [0.29, 0.717) is 18.1 Å². The monoisotopic (exact) mass is 236 g/mol. The van der Waals surface area contributed by atoms with Gasteiger partial charge in [-0.3, -0.25) is 4.79 Å². The predicted molar refractivity (Wildman–Crippen MR) is 72.6 cm³/mol. The topological polar surface area (TPSA) is 17.1 Å². The Morgan fingerprint density at radius 2 is 1.33 bits per heavy atom. The highest BCUT2D eigenvalue weighted by atomic mass is 16.1. The summed E-state index contributed by atoms with van der Waals surface area (Å²) in [5.41, 5.74) is 2.45. The third-order valence-corrected chi connectivity index (χ3v) is 3.84. The largest absolute Gasteiger partial charge is 0.299 e. The maximum absolute atomic E-state index is 12.2. The number of benzene rings is 2. The van der Waals surface area contributed by atoms with E-state index in [2.05, 4.69) is 36.4 Å². The second-order valence-corrected chi connectivity index (χ2v) is 4.91. The summed E-state index contributed by atoms with van der Waals surface area (Å²) >= 11 is 0. The number of hydrogen-bond acceptors (Lipinski definition) is 1. The lowest BCUT2D eigenvalue weighted by molar-refractivity contribution is -0.118. The first kappa shape index (κ1) is 11.2. The maximum atomic E-state index is 12.2. The molecule has 0 saturated heterocycles. The van der Waals surface area contributed by atoms with E-state index in [1.807, 2.05) is 24.3 Å². The van der Waals surface area contributed by atoms with Gasteiger partial charge in [0, 0.05) is 12.3 Å². The number of carbonyl (C=O) groups excluding carboxylic acids is 1. The number of rotatable bonds is 2. The summed E-state index contributed by atoms with van der Waals surface area (Å²) in [6.07, 6.45) is 1.68. The van der Waals surface area contributed by atoms with E-state index in [1.54, 1.807) is 0 Å². The summed E-state index contributed by atoms with van der Waals surface area (Å²) < 4.78 is 0. The van der Waals surface area contributed by atoms with Gasteiger partial charge in [-0.15, -0.1) is 0 Å². The van der Waals surface area contributed by atoms with Gasteiger partial charge in [0.1, 0.15) is 5.78 Å². The number of carbonyl (C=O) groups is 1. The van der Waals surface area contributed by atoms with Gasteiger partial charge in [0.25, 0.3) is 0 Å². The van der Waals surface area contributed by atoms with Gasteiger partial charge in [0.15, 0.2) is 0 Å². The Balaban J connectivity index is 1.98. The maximum Gasteiger partial charge on any atom is 0.140 e. The molecule has 18 heavy (non-hydrogen) atoms. The SMILES string of the molecule is O=C1CC[C@@H](c2ccccc2)[C@@H]1c1ccccc1. The summed E-state index contributed by atoms with van der Waals surface area (Å²) in [4.78, 5) is 12.2. The lowest BCUT2D eigenvalue weighted by Gasteiger charge is -2.19. The lowest BCUT2D eigenvalue weighted by Crippen LogP contribution is -2.11. The Morgan fingerprint density at radius 1 is 0.778 bits per heavy atom. The van der Waals surface area contributed by atoms with Gasteiger partial charge >= 0.3 is 0 Å². The van der Waals surface area contributed by atoms with Crippen molar-refractivity contribution in [3.8, 4) is 0 Å². The van der Waals surface area contributed by atoms with Crippen LogP contribution < -0.4 is 0 Å². The minimum Gasteiger partial charge on any atom is -0.299 e. The van der Waals surface area contributed by atoms with Crippen molar-refractivity contribution in [2.24, 2.45) is 0 Å². The normalized spacial score (nSPS) is 23.2. The Labute approximate surface area is 107 Å². The Hall–Kier alpha value is -1.89. The summed E-state index contributed by atoms with van der Waals surface area (Å²) in [5.74, 6) is 0.782. The van der Waals surface area contributed by atoms with Gasteiger partial charge < -0.3 is 0 Å². The number of ketones is 1. The van der Waals surface area contributed by atoms with Crippen LogP contribution in [-0.4, -0.2) is 5.78 Å². The van der Waals surface area contributed by atoms with Crippen molar-refractivity contribution in [1.29, 1.82) is 0 Å². The molecule has 1 aliphatic rings. The number of hydrogen-bond donors (Lipinski definition) is 0. The van der Waals surface area contributed by atoms with Crippen molar-refractivity contribution >= 4 is 5.78 Å². The average Bonchev–Trinajstić information content (AvgIpc) is 2.83. The molecule has 1 fully saturated rings. The summed E-state index contributed by atoms with van der Waals surface area (Å²) in [6, 6.07) is 20.6. The molecule has 2 aromatic rings. The van der Waals surface area contributed by atoms with Crippen molar-refractivity contribution in [2.75, 3.05) is 0 Å². The Kier molecular flexibility index (Phi) is 2.97. The Morgan fingerprint density at radius 3 is 1.94 bits per heavy atom. The zero-order chi connectivity index (χ0) is 12.4. The lowest BCUT2D eigenvalue weighted by atomic mass is 9.84. The van der Waals surface area contributed by atoms with Crippen molar-refractivity contribution in [3.63, 3.8) is 0 Å². The van der Waals surface area contributed by atoms with Gasteiger partial charge in [0.05, 0.1) is 0 Å². The third kappa shape index (κ3) is 1.97. The minimum absolute atomic E-state index is 0.0496. The molecule has 0 heterocycles. The summed E-state index contributed by atoms with van der Waals surface area (Å²) in [5, 5.41) is 0. The van der Waals surface area contributed by atoms with Gasteiger partial charge in [-0.1, -0.05) is 60.7 Å². The number of Topliss-reactive ketones (excluding diaryl/α,β-unsaturated/α-hetero) is 1. The van der Waals surface area contributed by atoms with Crippen LogP contribution in [0.25, 0.3) is 0 Å². The highest BCUT2D eigenvalue weighted by Gasteiger charge is 2.36. The first-order valence-electron chi connectivity index (χ1n) is 6.49. The van der Waals surface area contributed by atoms with Crippen LogP contribution in [0.15, 0.2) is 60.7 Å². The third-order valence-electron chi connectivity index (χ3n) is 3.84. The van der Waals surface area contributed by atoms with Gasteiger partial charge in [0.2, 0.25) is 0 Å². The standard InChI is InChI=1S/C17H16O/c18-16-12-11-15(13-7-3-1-4-8-13)17(16)14-9-5-2-6-10-14/h1-10,15,17H,11-12H2/t15-,17-/m0/s1. The van der Waals surface area contributed by atoms with Gasteiger partial charge in [-0.25, -0.2) is 0 Å². The van der Waals surface area contributed by atoms with E-state index in [9.17, 15) is 4.79 Å². The first-order chi connectivity index (χ1) is 8.86. The van der Waals surface area contributed by atoms with E-state index >= 15 is 0 Å². The molecule has 90 valence electrons. The van der Waals surface area contributed by atoms with E-state index in [4.69, 9.17) is 0 Å². The molecule has 0 amide bonds. The molecule has 1 nitrogen and oxygen atoms in total. The molecule has 0 N–H and O–H groups in total. The van der Waals surface area contributed by atoms with Crippen LogP contribution in [0.5, 0.6) is 0 Å². The zero-order valence-electron chi connectivity index (χ0n) is 10.3. The van der Waals surface area contributed by atoms with Crippen LogP contribution in [0.4, 0.5) is 0 Å². The van der Waals surface area contributed by atoms with Crippen LogP contribution in [0.3, 0.4) is 0 Å². The van der Waals surface area contributed by atoms with E-state index in [-0.39, 0.29) is 5.92 Å². The highest BCUT2D eigenvalue weighted by molar-refractivity contribution is 5.89. The molecule has 0 aromatic heterocycles. The van der Waals surface area contributed by atoms with Crippen molar-refractivity contribution < 1.29 is 4.79 Å². The van der Waals surface area contributed by atoms with Crippen molar-refractivity contribution in [1.82, 2.24) is 0 Å². The second-order valence-electron chi connectivity index (χ2n) is 4.91. The van der Waals surface area contributed by atoms with Gasteiger partial charge in [-0.2, -0.15) is 0 Å². The van der Waals surface area contributed by atoms with E-state index in [1.165, 1.54) is 5.56 Å². The first-order valence-corrected chi connectivity index (χ1v) is 6.49. The highest BCUT2D eigenvalue weighted by Crippen LogP contribution is 2.43. The Bertz CT molecular complexity index is 530. The molecule has 0 bridgehead atoms. The van der Waals surface area contributed by atoms with Crippen LogP contribution in [0.1, 0.15) is 35.8 Å². The fraction of sp³-hybridized carbons (Fsp3) is 0.235. The molecule has 1 heteroatoms. The van der Waals surface area contributed by atoms with Crippen molar-refractivity contribution in [3.05, 3.63) is 71.8 Å². The van der Waals surface area contributed by atoms with Gasteiger partial charge in [-0.05, 0) is 23.5 Å². The molecule has 0 spiro atoms. The predicted octanol–water partition coefficient (Wildman–Crippen LogP) is 3.92. The second kappa shape index (κ2) is 4.77. The van der Waals surface area contributed by atoms with Crippen LogP contribution in [0, 0.1) is 0 Å². The molecular weight excluding hydrogens is 220 g/mol. The molecule has 1 aliphatic carbocycles. The van der Waals surface area contributed by atoms with Crippen LogP contribution in [-0.2, 0) is 4.79 Å². The quantitative estimate of drug-likeness (QED) is 0.772. The molecule has 0 unspecified atom stereocenters. The van der Waals surface area contributed by atoms with Crippen LogP contribution >= 0.6 is 0 Å². The average molecular weight is 236 g/mol. The minimum atomic E-state index is 0.0496. The molecule has 2 atom stereocenters. The molecular formula is C17H16O. The van der Waals surface area contributed by atoms with Crippen molar-refractivity contribution in [2.45, 2.75) is 24.7 Å². The smallest absolute Gasteiger partial charge is 0.140 e. The summed E-state index contributed by atoms with van der Waals surface area (Å²) in [7, 11) is 0. The molecule has 1 saturated carbocycles. The molecule has 3 rings (SSSR count). The van der Waals surface area contributed by atoms with Crippen LogP contribution in [0.2, 0.25) is 0 Å².